The minimum Gasteiger partial charge on any atom is -0.435 e. The van der Waals surface area contributed by atoms with Crippen molar-refractivity contribution in [2.75, 3.05) is 25.0 Å². The molecule has 0 aliphatic carbocycles. The topological polar surface area (TPSA) is 59.6 Å². The molecule has 1 amide bonds. The van der Waals surface area contributed by atoms with Crippen LogP contribution >= 0.6 is 12.4 Å². The molecule has 112 valence electrons. The average molecular weight is 309 g/mol. The Hall–Kier alpha value is -1.44. The van der Waals surface area contributed by atoms with Gasteiger partial charge in [-0.25, -0.2) is 0 Å². The minimum atomic E-state index is -2.86. The fourth-order valence-corrected chi connectivity index (χ4v) is 1.68. The van der Waals surface area contributed by atoms with Gasteiger partial charge in [-0.3, -0.25) is 4.79 Å². The zero-order valence-electron chi connectivity index (χ0n) is 10.5. The van der Waals surface area contributed by atoms with Crippen LogP contribution in [0.1, 0.15) is 0 Å². The lowest BCUT2D eigenvalue weighted by Crippen LogP contribution is -2.45. The molecule has 1 aromatic carbocycles. The number of carbonyl (C=O) groups excluding carboxylic acids is 1. The van der Waals surface area contributed by atoms with Gasteiger partial charge in [0.15, 0.2) is 0 Å². The summed E-state index contributed by atoms with van der Waals surface area (Å²) in [6.07, 6.45) is -0.536. The van der Waals surface area contributed by atoms with Gasteiger partial charge in [0.25, 0.3) is 5.91 Å². The summed E-state index contributed by atoms with van der Waals surface area (Å²) in [5.74, 6) is -0.224. The molecule has 20 heavy (non-hydrogen) atoms. The summed E-state index contributed by atoms with van der Waals surface area (Å²) < 4.78 is 33.4. The van der Waals surface area contributed by atoms with Gasteiger partial charge in [0.05, 0.1) is 6.61 Å². The third kappa shape index (κ3) is 4.92. The van der Waals surface area contributed by atoms with Gasteiger partial charge in [0.1, 0.15) is 11.9 Å². The Morgan fingerprint density at radius 1 is 1.40 bits per heavy atom. The largest absolute Gasteiger partial charge is 0.435 e. The van der Waals surface area contributed by atoms with Crippen molar-refractivity contribution >= 4 is 24.0 Å². The van der Waals surface area contributed by atoms with Crippen molar-refractivity contribution in [2.45, 2.75) is 12.7 Å². The number of benzene rings is 1. The van der Waals surface area contributed by atoms with E-state index < -0.39 is 12.7 Å². The molecular weight excluding hydrogens is 294 g/mol. The lowest BCUT2D eigenvalue weighted by molar-refractivity contribution is -0.128. The second-order valence-electron chi connectivity index (χ2n) is 3.96. The lowest BCUT2D eigenvalue weighted by atomic mass is 10.2. The predicted octanol–water partition coefficient (Wildman–Crippen LogP) is 1.64. The normalized spacial score (nSPS) is 18.2. The number of ether oxygens (including phenoxy) is 2. The van der Waals surface area contributed by atoms with Gasteiger partial charge in [-0.05, 0) is 24.3 Å². The van der Waals surface area contributed by atoms with Gasteiger partial charge in [-0.2, -0.15) is 8.78 Å². The molecule has 0 radical (unpaired) electrons. The summed E-state index contributed by atoms with van der Waals surface area (Å²) in [6, 6.07) is 5.71. The lowest BCUT2D eigenvalue weighted by Gasteiger charge is -2.22. The zero-order valence-corrected chi connectivity index (χ0v) is 11.3. The monoisotopic (exact) mass is 308 g/mol. The van der Waals surface area contributed by atoms with Crippen LogP contribution in [0.15, 0.2) is 24.3 Å². The van der Waals surface area contributed by atoms with E-state index in [1.54, 1.807) is 0 Å². The smallest absolute Gasteiger partial charge is 0.387 e. The maximum absolute atomic E-state index is 12.0. The van der Waals surface area contributed by atoms with Gasteiger partial charge >= 0.3 is 6.61 Å². The zero-order chi connectivity index (χ0) is 13.7. The van der Waals surface area contributed by atoms with Crippen LogP contribution in [-0.4, -0.2) is 38.3 Å². The molecule has 1 aliphatic rings. The van der Waals surface area contributed by atoms with Crippen LogP contribution < -0.4 is 15.4 Å². The number of anilines is 1. The number of alkyl halides is 2. The second-order valence-corrected chi connectivity index (χ2v) is 3.96. The molecule has 1 unspecified atom stereocenters. The summed E-state index contributed by atoms with van der Waals surface area (Å²) in [7, 11) is 0. The highest BCUT2D eigenvalue weighted by Crippen LogP contribution is 2.18. The molecule has 5 nitrogen and oxygen atoms in total. The summed E-state index contributed by atoms with van der Waals surface area (Å²) in [4.78, 5) is 11.8. The van der Waals surface area contributed by atoms with Gasteiger partial charge in [0, 0.05) is 18.8 Å². The molecule has 0 saturated carbocycles. The number of nitrogens with one attached hydrogen (secondary N) is 2. The second kappa shape index (κ2) is 7.98. The van der Waals surface area contributed by atoms with Crippen molar-refractivity contribution < 1.29 is 23.0 Å². The van der Waals surface area contributed by atoms with Crippen molar-refractivity contribution in [3.05, 3.63) is 24.3 Å². The van der Waals surface area contributed by atoms with E-state index in [9.17, 15) is 13.6 Å². The van der Waals surface area contributed by atoms with Gasteiger partial charge in [-0.15, -0.1) is 12.4 Å². The van der Waals surface area contributed by atoms with Crippen LogP contribution in [0.5, 0.6) is 5.75 Å². The van der Waals surface area contributed by atoms with E-state index in [1.807, 2.05) is 0 Å². The Bertz CT molecular complexity index is 425. The summed E-state index contributed by atoms with van der Waals surface area (Å²) in [5, 5.41) is 5.69. The fourth-order valence-electron chi connectivity index (χ4n) is 1.68. The first-order chi connectivity index (χ1) is 9.15. The first-order valence-corrected chi connectivity index (χ1v) is 5.83. The molecular formula is C12H15ClF2N2O3. The van der Waals surface area contributed by atoms with Gasteiger partial charge in [0.2, 0.25) is 0 Å². The summed E-state index contributed by atoms with van der Waals surface area (Å²) in [6.45, 7) is -1.19. The Morgan fingerprint density at radius 2 is 2.10 bits per heavy atom. The summed E-state index contributed by atoms with van der Waals surface area (Å²) >= 11 is 0. The average Bonchev–Trinajstić information content (AvgIpc) is 2.41. The van der Waals surface area contributed by atoms with Crippen LogP contribution in [0.3, 0.4) is 0 Å². The van der Waals surface area contributed by atoms with Crippen LogP contribution in [0.2, 0.25) is 0 Å². The summed E-state index contributed by atoms with van der Waals surface area (Å²) in [5.41, 5.74) is 0.501. The van der Waals surface area contributed by atoms with Crippen molar-refractivity contribution in [1.82, 2.24) is 5.32 Å². The molecule has 1 aliphatic heterocycles. The van der Waals surface area contributed by atoms with E-state index in [0.29, 0.717) is 18.8 Å². The van der Waals surface area contributed by atoms with Crippen molar-refractivity contribution in [2.24, 2.45) is 0 Å². The van der Waals surface area contributed by atoms with Crippen LogP contribution in [0, 0.1) is 0 Å². The van der Waals surface area contributed by atoms with Crippen molar-refractivity contribution in [1.29, 1.82) is 0 Å². The minimum absolute atomic E-state index is 0. The van der Waals surface area contributed by atoms with E-state index in [0.717, 1.165) is 6.54 Å². The van der Waals surface area contributed by atoms with E-state index >= 15 is 0 Å². The highest BCUT2D eigenvalue weighted by atomic mass is 35.5. The third-order valence-corrected chi connectivity index (χ3v) is 2.57. The molecule has 8 heteroatoms. The van der Waals surface area contributed by atoms with E-state index in [1.165, 1.54) is 24.3 Å². The van der Waals surface area contributed by atoms with E-state index in [2.05, 4.69) is 15.4 Å². The number of rotatable bonds is 4. The molecule has 1 atom stereocenters. The fraction of sp³-hybridized carbons (Fsp3) is 0.417. The molecule has 0 bridgehead atoms. The van der Waals surface area contributed by atoms with Gasteiger partial charge in [-0.1, -0.05) is 0 Å². The molecule has 0 spiro atoms. The van der Waals surface area contributed by atoms with Crippen LogP contribution in [-0.2, 0) is 9.53 Å². The molecule has 1 fully saturated rings. The SMILES string of the molecule is Cl.O=C(Nc1ccc(OC(F)F)cc1)C1CNCCO1. The Balaban J connectivity index is 0.00000200. The number of hydrogen-bond acceptors (Lipinski definition) is 4. The van der Waals surface area contributed by atoms with Crippen LogP contribution in [0.25, 0.3) is 0 Å². The standard InChI is InChI=1S/C12H14F2N2O3.ClH/c13-12(14)19-9-3-1-8(2-4-9)16-11(17)10-7-15-5-6-18-10;/h1-4,10,12,15H,5-7H2,(H,16,17);1H. The third-order valence-electron chi connectivity index (χ3n) is 2.57. The Labute approximate surface area is 121 Å². The maximum atomic E-state index is 12.0. The molecule has 2 N–H and O–H groups in total. The molecule has 1 aromatic rings. The van der Waals surface area contributed by atoms with Crippen LogP contribution in [0.4, 0.5) is 14.5 Å². The highest BCUT2D eigenvalue weighted by Gasteiger charge is 2.21. The molecule has 1 heterocycles. The van der Waals surface area contributed by atoms with Gasteiger partial charge < -0.3 is 20.1 Å². The predicted molar refractivity (Wildman–Crippen MR) is 71.6 cm³/mol. The van der Waals surface area contributed by atoms with E-state index in [4.69, 9.17) is 4.74 Å². The van der Waals surface area contributed by atoms with Crippen molar-refractivity contribution in [3.63, 3.8) is 0 Å². The number of amides is 1. The first-order valence-electron chi connectivity index (χ1n) is 5.83. The number of carbonyl (C=O) groups is 1. The Morgan fingerprint density at radius 3 is 2.65 bits per heavy atom. The number of morpholine rings is 1. The highest BCUT2D eigenvalue weighted by molar-refractivity contribution is 5.94. The first kappa shape index (κ1) is 16.6. The quantitative estimate of drug-likeness (QED) is 0.888. The number of halogens is 3. The van der Waals surface area contributed by atoms with Crippen molar-refractivity contribution in [3.8, 4) is 5.75 Å². The van der Waals surface area contributed by atoms with E-state index in [-0.39, 0.29) is 24.1 Å². The molecule has 0 aromatic heterocycles. The Kier molecular flexibility index (Phi) is 6.63. The maximum Gasteiger partial charge on any atom is 0.387 e. The molecule has 1 saturated heterocycles. The molecule has 2 rings (SSSR count). The number of hydrogen-bond donors (Lipinski definition) is 2.